The van der Waals surface area contributed by atoms with E-state index < -0.39 is 6.09 Å². The van der Waals surface area contributed by atoms with Crippen molar-refractivity contribution in [2.45, 2.75) is 13.5 Å². The molecule has 5 aromatic rings. The van der Waals surface area contributed by atoms with Gasteiger partial charge in [-0.1, -0.05) is 11.6 Å². The van der Waals surface area contributed by atoms with Crippen LogP contribution in [0.2, 0.25) is 5.02 Å². The van der Waals surface area contributed by atoms with Gasteiger partial charge in [0.15, 0.2) is 0 Å². The smallest absolute Gasteiger partial charge is 0.412 e. The number of amides is 1. The van der Waals surface area contributed by atoms with Crippen LogP contribution in [0.1, 0.15) is 11.5 Å². The lowest BCUT2D eigenvalue weighted by Gasteiger charge is -2.13. The molecule has 4 aromatic heterocycles. The topological polar surface area (TPSA) is 148 Å². The highest BCUT2D eigenvalue weighted by Gasteiger charge is 2.14. The molecule has 1 aromatic carbocycles. The lowest BCUT2D eigenvalue weighted by Crippen LogP contribution is -2.24. The Labute approximate surface area is 214 Å². The predicted molar refractivity (Wildman–Crippen MR) is 136 cm³/mol. The molecule has 0 bridgehead atoms. The molecule has 13 heteroatoms. The summed E-state index contributed by atoms with van der Waals surface area (Å²) in [5.74, 6) is 0.887. The zero-order valence-electron chi connectivity index (χ0n) is 19.7. The van der Waals surface area contributed by atoms with Gasteiger partial charge in [-0.2, -0.15) is 4.68 Å². The van der Waals surface area contributed by atoms with Crippen LogP contribution in [0.4, 0.5) is 10.6 Å². The Balaban J connectivity index is 1.42. The van der Waals surface area contributed by atoms with Gasteiger partial charge < -0.3 is 14.7 Å². The number of halogens is 1. The SMILES string of the molecule is Cc1cc(-c2cc(Cl)ccc2-n2cnnn2)cc(=O)n1Cc1ncc(-c2ccc(N(C)C(=O)O)nc2)[nH]1. The number of carboxylic acid groups (broad SMARTS) is 1. The fraction of sp³-hybridized carbons (Fsp3) is 0.125. The molecule has 2 N–H and O–H groups in total. The van der Waals surface area contributed by atoms with Gasteiger partial charge in [-0.15, -0.1) is 5.10 Å². The summed E-state index contributed by atoms with van der Waals surface area (Å²) in [5, 5.41) is 20.9. The van der Waals surface area contributed by atoms with Gasteiger partial charge in [0.05, 0.1) is 24.1 Å². The average Bonchev–Trinajstić information content (AvgIpc) is 3.58. The third-order valence-electron chi connectivity index (χ3n) is 5.83. The number of tetrazole rings is 1. The monoisotopic (exact) mass is 517 g/mol. The molecular weight excluding hydrogens is 498 g/mol. The molecule has 0 saturated heterocycles. The van der Waals surface area contributed by atoms with Crippen LogP contribution < -0.4 is 10.5 Å². The summed E-state index contributed by atoms with van der Waals surface area (Å²) in [6.07, 6.45) is 3.58. The highest BCUT2D eigenvalue weighted by atomic mass is 35.5. The first-order valence-electron chi connectivity index (χ1n) is 11.0. The molecule has 0 saturated carbocycles. The van der Waals surface area contributed by atoms with E-state index in [1.807, 2.05) is 13.0 Å². The number of aromatic amines is 1. The van der Waals surface area contributed by atoms with Gasteiger partial charge in [-0.05, 0) is 59.3 Å². The summed E-state index contributed by atoms with van der Waals surface area (Å²) in [7, 11) is 1.42. The summed E-state index contributed by atoms with van der Waals surface area (Å²) >= 11 is 6.25. The molecule has 4 heterocycles. The predicted octanol–water partition coefficient (Wildman–Crippen LogP) is 3.40. The van der Waals surface area contributed by atoms with E-state index in [2.05, 4.69) is 30.5 Å². The summed E-state index contributed by atoms with van der Waals surface area (Å²) in [6, 6.07) is 12.1. The molecule has 186 valence electrons. The van der Waals surface area contributed by atoms with E-state index in [1.165, 1.54) is 24.1 Å². The van der Waals surface area contributed by atoms with E-state index in [0.29, 0.717) is 33.6 Å². The van der Waals surface area contributed by atoms with Crippen molar-refractivity contribution < 1.29 is 9.90 Å². The fourth-order valence-corrected chi connectivity index (χ4v) is 4.05. The Morgan fingerprint density at radius 2 is 1.95 bits per heavy atom. The van der Waals surface area contributed by atoms with Crippen molar-refractivity contribution in [3.05, 3.63) is 88.1 Å². The van der Waals surface area contributed by atoms with Crippen molar-refractivity contribution in [2.24, 2.45) is 0 Å². The molecule has 37 heavy (non-hydrogen) atoms. The van der Waals surface area contributed by atoms with Crippen molar-refractivity contribution >= 4 is 23.5 Å². The minimum Gasteiger partial charge on any atom is -0.465 e. The van der Waals surface area contributed by atoms with Crippen LogP contribution in [-0.2, 0) is 6.54 Å². The van der Waals surface area contributed by atoms with Gasteiger partial charge in [0.1, 0.15) is 18.0 Å². The zero-order valence-corrected chi connectivity index (χ0v) is 20.5. The fourth-order valence-electron chi connectivity index (χ4n) is 3.88. The van der Waals surface area contributed by atoms with Crippen molar-refractivity contribution in [1.29, 1.82) is 0 Å². The van der Waals surface area contributed by atoms with Gasteiger partial charge in [0.25, 0.3) is 5.56 Å². The van der Waals surface area contributed by atoms with Crippen LogP contribution in [0.25, 0.3) is 28.1 Å². The van der Waals surface area contributed by atoms with Gasteiger partial charge in [0.2, 0.25) is 0 Å². The Hall–Kier alpha value is -4.84. The van der Waals surface area contributed by atoms with Crippen LogP contribution in [0.3, 0.4) is 0 Å². The first-order chi connectivity index (χ1) is 17.8. The second-order valence-corrected chi connectivity index (χ2v) is 8.65. The van der Waals surface area contributed by atoms with Gasteiger partial charge >= 0.3 is 6.09 Å². The molecule has 0 fully saturated rings. The molecule has 0 unspecified atom stereocenters. The van der Waals surface area contributed by atoms with E-state index in [-0.39, 0.29) is 12.1 Å². The number of anilines is 1. The first-order valence-corrected chi connectivity index (χ1v) is 11.4. The molecule has 0 aliphatic rings. The standard InChI is InChI=1S/C24H20ClN9O3/c1-14-7-16(18-9-17(25)4-5-20(18)34-13-28-30-31-34)8-23(35)33(14)12-21-26-11-19(29-21)15-3-6-22(27-10-15)32(2)24(36)37/h3-11,13H,12H2,1-2H3,(H,26,29)(H,36,37). The Bertz CT molecular complexity index is 1640. The molecule has 5 rings (SSSR count). The second-order valence-electron chi connectivity index (χ2n) is 8.22. The van der Waals surface area contributed by atoms with Gasteiger partial charge in [0, 0.05) is 41.2 Å². The highest BCUT2D eigenvalue weighted by Crippen LogP contribution is 2.29. The van der Waals surface area contributed by atoms with E-state index in [0.717, 1.165) is 21.7 Å². The number of imidazole rings is 1. The quantitative estimate of drug-likeness (QED) is 0.348. The maximum absolute atomic E-state index is 13.1. The summed E-state index contributed by atoms with van der Waals surface area (Å²) in [5.41, 5.74) is 4.04. The number of aromatic nitrogens is 8. The van der Waals surface area contributed by atoms with Crippen LogP contribution in [0.15, 0.2) is 66.0 Å². The number of aryl methyl sites for hydroxylation is 1. The van der Waals surface area contributed by atoms with E-state index in [9.17, 15) is 9.59 Å². The molecule has 0 spiro atoms. The van der Waals surface area contributed by atoms with Crippen molar-refractivity contribution in [2.75, 3.05) is 11.9 Å². The molecule has 0 aliphatic heterocycles. The molecule has 0 radical (unpaired) electrons. The van der Waals surface area contributed by atoms with Crippen molar-refractivity contribution in [3.63, 3.8) is 0 Å². The lowest BCUT2D eigenvalue weighted by molar-refractivity contribution is 0.203. The number of benzene rings is 1. The van der Waals surface area contributed by atoms with Crippen molar-refractivity contribution in [3.8, 4) is 28.1 Å². The minimum absolute atomic E-state index is 0.210. The Kier molecular flexibility index (Phi) is 6.24. The maximum atomic E-state index is 13.1. The van der Waals surface area contributed by atoms with Crippen LogP contribution in [0, 0.1) is 6.92 Å². The Morgan fingerprint density at radius 1 is 1.11 bits per heavy atom. The third-order valence-corrected chi connectivity index (χ3v) is 6.06. The summed E-state index contributed by atoms with van der Waals surface area (Å²) < 4.78 is 3.12. The molecule has 0 atom stereocenters. The van der Waals surface area contributed by atoms with Crippen LogP contribution in [0.5, 0.6) is 0 Å². The average molecular weight is 518 g/mol. The number of H-pyrrole nitrogens is 1. The second kappa shape index (κ2) is 9.66. The van der Waals surface area contributed by atoms with E-state index in [4.69, 9.17) is 16.7 Å². The molecule has 0 aliphatic carbocycles. The molecular formula is C24H20ClN9O3. The number of nitrogens with zero attached hydrogens (tertiary/aromatic N) is 8. The normalized spacial score (nSPS) is 11.0. The lowest BCUT2D eigenvalue weighted by atomic mass is 10.0. The highest BCUT2D eigenvalue weighted by molar-refractivity contribution is 6.31. The van der Waals surface area contributed by atoms with Crippen molar-refractivity contribution in [1.82, 2.24) is 39.7 Å². The number of carbonyl (C=O) groups is 1. The van der Waals surface area contributed by atoms with E-state index in [1.54, 1.807) is 47.3 Å². The number of hydrogen-bond acceptors (Lipinski definition) is 7. The number of rotatable bonds is 6. The third kappa shape index (κ3) is 4.82. The van der Waals surface area contributed by atoms with E-state index >= 15 is 0 Å². The summed E-state index contributed by atoms with van der Waals surface area (Å²) in [4.78, 5) is 37.1. The number of hydrogen-bond donors (Lipinski definition) is 2. The molecule has 12 nitrogen and oxygen atoms in total. The number of pyridine rings is 2. The molecule has 1 amide bonds. The number of nitrogens with one attached hydrogen (secondary N) is 1. The largest absolute Gasteiger partial charge is 0.465 e. The van der Waals surface area contributed by atoms with Gasteiger partial charge in [-0.25, -0.2) is 14.8 Å². The summed E-state index contributed by atoms with van der Waals surface area (Å²) in [6.45, 7) is 2.07. The van der Waals surface area contributed by atoms with Gasteiger partial charge in [-0.3, -0.25) is 9.69 Å². The van der Waals surface area contributed by atoms with Crippen LogP contribution in [-0.4, -0.2) is 58.0 Å². The Morgan fingerprint density at radius 3 is 2.62 bits per heavy atom. The first kappa shape index (κ1) is 23.9. The maximum Gasteiger partial charge on any atom is 0.412 e. The minimum atomic E-state index is -1.10. The van der Waals surface area contributed by atoms with Crippen LogP contribution >= 0.6 is 11.6 Å². The zero-order chi connectivity index (χ0) is 26.1.